The molecule has 8 nitrogen and oxygen atoms in total. The molecule has 0 aliphatic heterocycles. The number of nitrogens with one attached hydrogen (secondary N) is 1. The third-order valence-corrected chi connectivity index (χ3v) is 8.40. The monoisotopic (exact) mass is 491 g/mol. The zero-order valence-corrected chi connectivity index (χ0v) is 22.7. The molecule has 9 heteroatoms. The molecule has 196 valence electrons. The van der Waals surface area contributed by atoms with Crippen LogP contribution in [0.4, 0.5) is 0 Å². The van der Waals surface area contributed by atoms with Gasteiger partial charge in [0.25, 0.3) is 0 Å². The lowest BCUT2D eigenvalue weighted by Crippen LogP contribution is -2.43. The summed E-state index contributed by atoms with van der Waals surface area (Å²) in [4.78, 5) is 23.8. The molecule has 0 aromatic carbocycles. The van der Waals surface area contributed by atoms with Crippen LogP contribution in [-0.2, 0) is 32.3 Å². The molecule has 0 aliphatic carbocycles. The van der Waals surface area contributed by atoms with Gasteiger partial charge >= 0.3 is 20.7 Å². The van der Waals surface area contributed by atoms with Crippen LogP contribution in [0.5, 0.6) is 0 Å². The van der Waals surface area contributed by atoms with E-state index in [4.69, 9.17) is 22.8 Å². The van der Waals surface area contributed by atoms with E-state index in [1.165, 1.54) is 44.9 Å². The SMILES string of the molecule is CCCCCCCCCCCC(=O)OC(C)COC(=O)CCNCCC[Si](OC)(OC)OC. The van der Waals surface area contributed by atoms with Crippen molar-refractivity contribution in [2.45, 2.75) is 103 Å². The molecule has 0 aliphatic rings. The van der Waals surface area contributed by atoms with Crippen LogP contribution in [0, 0.1) is 0 Å². The molecular weight excluding hydrogens is 442 g/mol. The zero-order valence-electron chi connectivity index (χ0n) is 21.7. The van der Waals surface area contributed by atoms with E-state index in [0.717, 1.165) is 25.8 Å². The molecule has 0 saturated heterocycles. The molecule has 0 heterocycles. The van der Waals surface area contributed by atoms with Crippen molar-refractivity contribution in [1.82, 2.24) is 5.32 Å². The summed E-state index contributed by atoms with van der Waals surface area (Å²) in [5.74, 6) is -0.523. The first kappa shape index (κ1) is 32.0. The highest BCUT2D eigenvalue weighted by molar-refractivity contribution is 6.60. The summed E-state index contributed by atoms with van der Waals surface area (Å²) in [6.45, 7) is 5.31. The van der Waals surface area contributed by atoms with Crippen LogP contribution >= 0.6 is 0 Å². The Morgan fingerprint density at radius 2 is 1.33 bits per heavy atom. The van der Waals surface area contributed by atoms with Crippen molar-refractivity contribution in [1.29, 1.82) is 0 Å². The fraction of sp³-hybridized carbons (Fsp3) is 0.917. The van der Waals surface area contributed by atoms with Crippen LogP contribution in [-0.4, -0.2) is 67.9 Å². The highest BCUT2D eigenvalue weighted by Crippen LogP contribution is 2.14. The summed E-state index contributed by atoms with van der Waals surface area (Å²) in [6, 6.07) is 0.704. The first-order valence-electron chi connectivity index (χ1n) is 12.6. The van der Waals surface area contributed by atoms with Crippen molar-refractivity contribution < 1.29 is 32.3 Å². The van der Waals surface area contributed by atoms with E-state index < -0.39 is 14.9 Å². The van der Waals surface area contributed by atoms with Crippen LogP contribution in [0.2, 0.25) is 6.04 Å². The van der Waals surface area contributed by atoms with Gasteiger partial charge in [-0.05, 0) is 26.3 Å². The Morgan fingerprint density at radius 3 is 1.91 bits per heavy atom. The summed E-state index contributed by atoms with van der Waals surface area (Å²) < 4.78 is 26.7. The van der Waals surface area contributed by atoms with Crippen molar-refractivity contribution in [2.24, 2.45) is 0 Å². The van der Waals surface area contributed by atoms with E-state index in [1.54, 1.807) is 28.3 Å². The van der Waals surface area contributed by atoms with Gasteiger partial charge in [-0.3, -0.25) is 9.59 Å². The molecule has 0 radical (unpaired) electrons. The molecule has 0 saturated carbocycles. The van der Waals surface area contributed by atoms with Crippen molar-refractivity contribution >= 4 is 20.7 Å². The average molecular weight is 492 g/mol. The summed E-state index contributed by atoms with van der Waals surface area (Å²) in [6.07, 6.45) is 12.0. The highest BCUT2D eigenvalue weighted by Gasteiger charge is 2.36. The van der Waals surface area contributed by atoms with Crippen LogP contribution in [0.15, 0.2) is 0 Å². The molecule has 33 heavy (non-hydrogen) atoms. The number of carbonyl (C=O) groups excluding carboxylic acids is 2. The molecule has 0 rings (SSSR count). The summed E-state index contributed by atoms with van der Waals surface area (Å²) in [5, 5.41) is 3.20. The van der Waals surface area contributed by atoms with Gasteiger partial charge in [0.1, 0.15) is 12.7 Å². The lowest BCUT2D eigenvalue weighted by Gasteiger charge is -2.24. The fourth-order valence-electron chi connectivity index (χ4n) is 3.48. The second-order valence-corrected chi connectivity index (χ2v) is 11.6. The number of hydrogen-bond acceptors (Lipinski definition) is 8. The molecule has 1 atom stereocenters. The van der Waals surface area contributed by atoms with Gasteiger partial charge in [-0.2, -0.15) is 0 Å². The Hall–Kier alpha value is -1.00. The smallest absolute Gasteiger partial charge is 0.462 e. The van der Waals surface area contributed by atoms with Crippen molar-refractivity contribution in [3.8, 4) is 0 Å². The van der Waals surface area contributed by atoms with Gasteiger partial charge in [0.15, 0.2) is 0 Å². The maximum Gasteiger partial charge on any atom is 0.500 e. The minimum atomic E-state index is -2.53. The van der Waals surface area contributed by atoms with Gasteiger partial charge in [-0.25, -0.2) is 0 Å². The number of rotatable bonds is 23. The Kier molecular flexibility index (Phi) is 20.9. The molecule has 1 N–H and O–H groups in total. The fourth-order valence-corrected chi connectivity index (χ4v) is 5.20. The number of ether oxygens (including phenoxy) is 2. The third-order valence-electron chi connectivity index (χ3n) is 5.57. The lowest BCUT2D eigenvalue weighted by atomic mass is 10.1. The third kappa shape index (κ3) is 18.1. The Morgan fingerprint density at radius 1 is 0.758 bits per heavy atom. The van der Waals surface area contributed by atoms with Gasteiger partial charge in [0, 0.05) is 40.3 Å². The number of hydrogen-bond donors (Lipinski definition) is 1. The van der Waals surface area contributed by atoms with Crippen LogP contribution in [0.25, 0.3) is 0 Å². The minimum absolute atomic E-state index is 0.0893. The molecule has 0 aromatic rings. The minimum Gasteiger partial charge on any atom is -0.462 e. The summed E-state index contributed by atoms with van der Waals surface area (Å²) >= 11 is 0. The topological polar surface area (TPSA) is 92.3 Å². The second-order valence-electron chi connectivity index (χ2n) is 8.46. The number of unbranched alkanes of at least 4 members (excludes halogenated alkanes) is 8. The van der Waals surface area contributed by atoms with Crippen molar-refractivity contribution in [3.63, 3.8) is 0 Å². The van der Waals surface area contributed by atoms with Crippen molar-refractivity contribution in [3.05, 3.63) is 0 Å². The van der Waals surface area contributed by atoms with E-state index in [2.05, 4.69) is 12.2 Å². The standard InChI is InChI=1S/C24H49NO7Si/c1-6-7-8-9-10-11-12-13-14-16-24(27)32-22(2)21-31-23(26)17-19-25-18-15-20-33(28-3,29-4)30-5/h22,25H,6-21H2,1-5H3. The lowest BCUT2D eigenvalue weighted by molar-refractivity contribution is -0.158. The van der Waals surface area contributed by atoms with Crippen LogP contribution in [0.3, 0.4) is 0 Å². The Balaban J connectivity index is 3.65. The molecule has 0 amide bonds. The highest BCUT2D eigenvalue weighted by atomic mass is 28.4. The second kappa shape index (κ2) is 21.5. The number of esters is 2. The molecule has 0 fully saturated rings. The molecule has 0 spiro atoms. The van der Waals surface area contributed by atoms with E-state index >= 15 is 0 Å². The zero-order chi connectivity index (χ0) is 24.8. The van der Waals surface area contributed by atoms with Crippen LogP contribution in [0.1, 0.15) is 90.9 Å². The average Bonchev–Trinajstić information content (AvgIpc) is 2.81. The number of carbonyl (C=O) groups is 2. The molecular formula is C24H49NO7Si. The predicted octanol–water partition coefficient (Wildman–Crippen LogP) is 4.63. The quantitative estimate of drug-likeness (QED) is 0.126. The summed E-state index contributed by atoms with van der Waals surface area (Å²) in [5.41, 5.74) is 0. The first-order chi connectivity index (χ1) is 15.9. The normalized spacial score (nSPS) is 12.5. The van der Waals surface area contributed by atoms with Gasteiger partial charge in [0.05, 0.1) is 6.42 Å². The maximum absolute atomic E-state index is 11.9. The van der Waals surface area contributed by atoms with Crippen molar-refractivity contribution in [2.75, 3.05) is 41.0 Å². The van der Waals surface area contributed by atoms with Crippen LogP contribution < -0.4 is 5.32 Å². The predicted molar refractivity (Wildman–Crippen MR) is 132 cm³/mol. The van der Waals surface area contributed by atoms with E-state index in [9.17, 15) is 9.59 Å². The van der Waals surface area contributed by atoms with E-state index in [1.807, 2.05) is 0 Å². The molecule has 0 bridgehead atoms. The first-order valence-corrected chi connectivity index (χ1v) is 14.6. The Labute approximate surface area is 202 Å². The molecule has 1 unspecified atom stereocenters. The van der Waals surface area contributed by atoms with Gasteiger partial charge in [-0.1, -0.05) is 58.3 Å². The Bertz CT molecular complexity index is 481. The largest absolute Gasteiger partial charge is 0.500 e. The summed E-state index contributed by atoms with van der Waals surface area (Å²) in [7, 11) is 2.25. The van der Waals surface area contributed by atoms with Gasteiger partial charge in [0.2, 0.25) is 0 Å². The maximum atomic E-state index is 11.9. The van der Waals surface area contributed by atoms with Gasteiger partial charge < -0.3 is 28.1 Å². The van der Waals surface area contributed by atoms with E-state index in [0.29, 0.717) is 19.0 Å². The molecule has 0 aromatic heterocycles. The van der Waals surface area contributed by atoms with Gasteiger partial charge in [-0.15, -0.1) is 0 Å². The van der Waals surface area contributed by atoms with E-state index in [-0.39, 0.29) is 25.0 Å².